The highest BCUT2D eigenvalue weighted by Crippen LogP contribution is 2.18. The van der Waals surface area contributed by atoms with E-state index in [0.29, 0.717) is 0 Å². The average molecular weight is 229 g/mol. The largest absolute Gasteiger partial charge is 0.297 e. The summed E-state index contributed by atoms with van der Waals surface area (Å²) in [4.78, 5) is 10.1. The number of hydrogen-bond donors (Lipinski definition) is 0. The van der Waals surface area contributed by atoms with Crippen LogP contribution in [-0.4, -0.2) is 14.5 Å². The number of nitrogens with zero attached hydrogens (tertiary/aromatic N) is 1. The first-order valence-electron chi connectivity index (χ1n) is 4.32. The Balaban J connectivity index is 3.00. The van der Waals surface area contributed by atoms with Crippen LogP contribution in [0.1, 0.15) is 13.8 Å². The second kappa shape index (κ2) is 4.50. The highest BCUT2D eigenvalue weighted by atomic mass is 32.2. The van der Waals surface area contributed by atoms with Crippen LogP contribution in [0.5, 0.6) is 0 Å². The van der Waals surface area contributed by atoms with Crippen molar-refractivity contribution in [2.75, 3.05) is 0 Å². The molecule has 0 bridgehead atoms. The minimum absolute atomic E-state index is 0.0172. The van der Waals surface area contributed by atoms with Gasteiger partial charge in [0.25, 0.3) is 10.1 Å². The SMILES string of the molecule is CC(C)OS(=O)(=O)c1ccc(N=O)cc1. The predicted molar refractivity (Wildman–Crippen MR) is 55.3 cm³/mol. The lowest BCUT2D eigenvalue weighted by molar-refractivity contribution is 0.249. The zero-order chi connectivity index (χ0) is 11.5. The Hall–Kier alpha value is -1.27. The maximum Gasteiger partial charge on any atom is 0.297 e. The van der Waals surface area contributed by atoms with Crippen molar-refractivity contribution in [3.63, 3.8) is 0 Å². The van der Waals surface area contributed by atoms with Crippen LogP contribution in [0.2, 0.25) is 0 Å². The van der Waals surface area contributed by atoms with Gasteiger partial charge in [-0.25, -0.2) is 0 Å². The third-order valence-electron chi connectivity index (χ3n) is 1.55. The van der Waals surface area contributed by atoms with Gasteiger partial charge in [0.15, 0.2) is 0 Å². The number of hydrogen-bond acceptors (Lipinski definition) is 5. The van der Waals surface area contributed by atoms with Gasteiger partial charge >= 0.3 is 0 Å². The second-order valence-electron chi connectivity index (χ2n) is 3.18. The molecule has 82 valence electrons. The Morgan fingerprint density at radius 1 is 1.20 bits per heavy atom. The zero-order valence-corrected chi connectivity index (χ0v) is 9.19. The second-order valence-corrected chi connectivity index (χ2v) is 4.76. The van der Waals surface area contributed by atoms with Crippen LogP contribution >= 0.6 is 0 Å². The van der Waals surface area contributed by atoms with Gasteiger partial charge in [0.05, 0.1) is 11.0 Å². The summed E-state index contributed by atoms with van der Waals surface area (Å²) >= 11 is 0. The Kier molecular flexibility index (Phi) is 3.54. The van der Waals surface area contributed by atoms with E-state index in [1.807, 2.05) is 0 Å². The van der Waals surface area contributed by atoms with Crippen molar-refractivity contribution in [1.29, 1.82) is 0 Å². The summed E-state index contributed by atoms with van der Waals surface area (Å²) in [6.45, 7) is 3.25. The van der Waals surface area contributed by atoms with E-state index >= 15 is 0 Å². The van der Waals surface area contributed by atoms with Crippen molar-refractivity contribution in [3.8, 4) is 0 Å². The lowest BCUT2D eigenvalue weighted by Gasteiger charge is -2.07. The topological polar surface area (TPSA) is 72.8 Å². The smallest absolute Gasteiger partial charge is 0.264 e. The molecule has 0 radical (unpaired) electrons. The van der Waals surface area contributed by atoms with Crippen LogP contribution in [0.4, 0.5) is 5.69 Å². The molecule has 0 N–H and O–H groups in total. The van der Waals surface area contributed by atoms with Crippen molar-refractivity contribution in [2.45, 2.75) is 24.8 Å². The van der Waals surface area contributed by atoms with Crippen molar-refractivity contribution < 1.29 is 12.6 Å². The minimum Gasteiger partial charge on any atom is -0.264 e. The molecule has 1 rings (SSSR count). The summed E-state index contributed by atoms with van der Waals surface area (Å²) in [7, 11) is -3.73. The highest BCUT2D eigenvalue weighted by molar-refractivity contribution is 7.86. The van der Waals surface area contributed by atoms with Gasteiger partial charge in [-0.05, 0) is 43.3 Å². The van der Waals surface area contributed by atoms with Gasteiger partial charge in [0.2, 0.25) is 0 Å². The molecule has 0 saturated heterocycles. The molecule has 0 fully saturated rings. The molecular formula is C9H11NO4S. The Bertz CT molecular complexity index is 436. The van der Waals surface area contributed by atoms with Crippen molar-refractivity contribution in [3.05, 3.63) is 29.2 Å². The van der Waals surface area contributed by atoms with Crippen LogP contribution in [0, 0.1) is 4.91 Å². The zero-order valence-electron chi connectivity index (χ0n) is 8.38. The molecule has 0 heterocycles. The quantitative estimate of drug-likeness (QED) is 0.586. The first-order chi connectivity index (χ1) is 6.95. The molecule has 1 aromatic carbocycles. The third-order valence-corrected chi connectivity index (χ3v) is 3.04. The molecule has 0 aliphatic carbocycles. The lowest BCUT2D eigenvalue weighted by atomic mass is 10.3. The van der Waals surface area contributed by atoms with Crippen molar-refractivity contribution >= 4 is 15.8 Å². The van der Waals surface area contributed by atoms with E-state index in [1.165, 1.54) is 24.3 Å². The molecule has 15 heavy (non-hydrogen) atoms. The third kappa shape index (κ3) is 3.10. The highest BCUT2D eigenvalue weighted by Gasteiger charge is 2.16. The minimum atomic E-state index is -3.73. The summed E-state index contributed by atoms with van der Waals surface area (Å²) in [5.74, 6) is 0. The summed E-state index contributed by atoms with van der Waals surface area (Å²) in [6.07, 6.45) is -0.418. The molecule has 0 aromatic heterocycles. The molecule has 5 nitrogen and oxygen atoms in total. The molecule has 0 spiro atoms. The molecule has 1 aromatic rings. The molecule has 0 saturated carbocycles. The predicted octanol–water partition coefficient (Wildman–Crippen LogP) is 2.20. The fraction of sp³-hybridized carbons (Fsp3) is 0.333. The van der Waals surface area contributed by atoms with E-state index in [1.54, 1.807) is 13.8 Å². The molecular weight excluding hydrogens is 218 g/mol. The van der Waals surface area contributed by atoms with Gasteiger partial charge in [-0.15, -0.1) is 4.91 Å². The summed E-state index contributed by atoms with van der Waals surface area (Å²) in [5.41, 5.74) is 0.179. The van der Waals surface area contributed by atoms with E-state index in [9.17, 15) is 13.3 Å². The van der Waals surface area contributed by atoms with Crippen LogP contribution < -0.4 is 0 Å². The number of rotatable bonds is 4. The van der Waals surface area contributed by atoms with Crippen LogP contribution in [-0.2, 0) is 14.3 Å². The average Bonchev–Trinajstić information content (AvgIpc) is 2.16. The fourth-order valence-electron chi connectivity index (χ4n) is 0.983. The van der Waals surface area contributed by atoms with E-state index in [4.69, 9.17) is 4.18 Å². The maximum absolute atomic E-state index is 11.5. The van der Waals surface area contributed by atoms with E-state index < -0.39 is 16.2 Å². The van der Waals surface area contributed by atoms with Gasteiger partial charge in [-0.2, -0.15) is 8.42 Å². The molecule has 0 aliphatic rings. The van der Waals surface area contributed by atoms with Crippen LogP contribution in [0.3, 0.4) is 0 Å². The van der Waals surface area contributed by atoms with E-state index in [2.05, 4.69) is 5.18 Å². The van der Waals surface area contributed by atoms with Gasteiger partial charge in [-0.3, -0.25) is 4.18 Å². The van der Waals surface area contributed by atoms with E-state index in [-0.39, 0.29) is 10.6 Å². The fourth-order valence-corrected chi connectivity index (χ4v) is 2.07. The summed E-state index contributed by atoms with van der Waals surface area (Å²) < 4.78 is 27.8. The molecule has 0 atom stereocenters. The van der Waals surface area contributed by atoms with Crippen molar-refractivity contribution in [1.82, 2.24) is 0 Å². The molecule has 0 aliphatic heterocycles. The maximum atomic E-state index is 11.5. The normalized spacial score (nSPS) is 11.7. The molecule has 0 amide bonds. The van der Waals surface area contributed by atoms with Gasteiger partial charge < -0.3 is 0 Å². The van der Waals surface area contributed by atoms with Crippen molar-refractivity contribution in [2.24, 2.45) is 5.18 Å². The number of nitroso groups, excluding NO2 is 1. The Labute approximate surface area is 88.2 Å². The van der Waals surface area contributed by atoms with Gasteiger partial charge in [0, 0.05) is 0 Å². The van der Waals surface area contributed by atoms with E-state index in [0.717, 1.165) is 0 Å². The van der Waals surface area contributed by atoms with Crippen LogP contribution in [0.15, 0.2) is 34.3 Å². The van der Waals surface area contributed by atoms with Crippen LogP contribution in [0.25, 0.3) is 0 Å². The Morgan fingerprint density at radius 3 is 2.13 bits per heavy atom. The first-order valence-corrected chi connectivity index (χ1v) is 5.73. The number of benzene rings is 1. The molecule has 6 heteroatoms. The first kappa shape index (κ1) is 11.8. The summed E-state index contributed by atoms with van der Waals surface area (Å²) in [5, 5.41) is 2.67. The standard InChI is InChI=1S/C9H11NO4S/c1-7(2)14-15(12,13)9-5-3-8(10-11)4-6-9/h3-7H,1-2H3. The Morgan fingerprint density at radius 2 is 1.73 bits per heavy atom. The summed E-state index contributed by atoms with van der Waals surface area (Å²) in [6, 6.07) is 5.22. The monoisotopic (exact) mass is 229 g/mol. The lowest BCUT2D eigenvalue weighted by Crippen LogP contribution is -2.12. The van der Waals surface area contributed by atoms with Gasteiger partial charge in [0.1, 0.15) is 5.69 Å². The van der Waals surface area contributed by atoms with Gasteiger partial charge in [-0.1, -0.05) is 0 Å². The molecule has 0 unspecified atom stereocenters.